The van der Waals surface area contributed by atoms with Crippen molar-refractivity contribution in [2.24, 2.45) is 0 Å². The van der Waals surface area contributed by atoms with E-state index in [1.165, 1.54) is 83.0 Å². The first-order valence-electron chi connectivity index (χ1n) is 10.9. The van der Waals surface area contributed by atoms with Gasteiger partial charge in [-0.3, -0.25) is 0 Å². The van der Waals surface area contributed by atoms with E-state index in [9.17, 15) is 0 Å². The van der Waals surface area contributed by atoms with Crippen molar-refractivity contribution in [3.63, 3.8) is 0 Å². The van der Waals surface area contributed by atoms with Crippen LogP contribution in [0.2, 0.25) is 0 Å². The molecule has 3 aromatic carbocycles. The highest BCUT2D eigenvalue weighted by Crippen LogP contribution is 2.33. The van der Waals surface area contributed by atoms with Crippen molar-refractivity contribution in [3.05, 3.63) is 82.9 Å². The molecule has 0 spiro atoms. The molecule has 146 valence electrons. The van der Waals surface area contributed by atoms with E-state index in [2.05, 4.69) is 88.4 Å². The predicted molar refractivity (Wildman–Crippen MR) is 124 cm³/mol. The first-order valence-corrected chi connectivity index (χ1v) is 10.9. The molecular weight excluding hydrogens is 336 g/mol. The summed E-state index contributed by atoms with van der Waals surface area (Å²) in [7, 11) is 0. The topological polar surface area (TPSA) is 0 Å². The quantitative estimate of drug-likeness (QED) is 0.374. The highest BCUT2D eigenvalue weighted by atomic mass is 14.1. The highest BCUT2D eigenvalue weighted by molar-refractivity contribution is 5.79. The summed E-state index contributed by atoms with van der Waals surface area (Å²) in [5, 5.41) is 0. The molecule has 3 aromatic rings. The van der Waals surface area contributed by atoms with E-state index in [0.29, 0.717) is 0 Å². The van der Waals surface area contributed by atoms with Crippen LogP contribution in [0.4, 0.5) is 0 Å². The third-order valence-corrected chi connectivity index (χ3v) is 5.72. The molecule has 0 fully saturated rings. The van der Waals surface area contributed by atoms with Gasteiger partial charge in [0.25, 0.3) is 0 Å². The van der Waals surface area contributed by atoms with Gasteiger partial charge in [0.05, 0.1) is 0 Å². The summed E-state index contributed by atoms with van der Waals surface area (Å²) in [5.41, 5.74) is 10.9. The minimum atomic E-state index is 1.18. The summed E-state index contributed by atoms with van der Waals surface area (Å²) in [6, 6.07) is 23.0. The zero-order valence-corrected chi connectivity index (χ0v) is 18.0. The minimum absolute atomic E-state index is 1.18. The Hall–Kier alpha value is -2.34. The molecule has 28 heavy (non-hydrogen) atoms. The van der Waals surface area contributed by atoms with Gasteiger partial charge in [0, 0.05) is 0 Å². The van der Waals surface area contributed by atoms with Gasteiger partial charge in [-0.25, -0.2) is 0 Å². The van der Waals surface area contributed by atoms with Crippen molar-refractivity contribution in [1.82, 2.24) is 0 Å². The van der Waals surface area contributed by atoms with Gasteiger partial charge in [-0.1, -0.05) is 87.4 Å². The van der Waals surface area contributed by atoms with Gasteiger partial charge in [0.15, 0.2) is 0 Å². The molecule has 0 saturated carbocycles. The summed E-state index contributed by atoms with van der Waals surface area (Å²) >= 11 is 0. The van der Waals surface area contributed by atoms with Crippen molar-refractivity contribution in [2.75, 3.05) is 0 Å². The molecule has 0 radical (unpaired) electrons. The van der Waals surface area contributed by atoms with Crippen molar-refractivity contribution in [2.45, 2.75) is 66.2 Å². The second kappa shape index (κ2) is 9.73. The molecule has 3 rings (SSSR count). The van der Waals surface area contributed by atoms with Crippen LogP contribution in [0.3, 0.4) is 0 Å². The van der Waals surface area contributed by atoms with Crippen LogP contribution in [0, 0.1) is 13.8 Å². The van der Waals surface area contributed by atoms with Crippen LogP contribution >= 0.6 is 0 Å². The maximum Gasteiger partial charge on any atom is -0.0146 e. The summed E-state index contributed by atoms with van der Waals surface area (Å²) in [6.07, 6.45) is 7.39. The number of rotatable bonds is 8. The van der Waals surface area contributed by atoms with Crippen LogP contribution in [0.15, 0.2) is 60.7 Å². The lowest BCUT2D eigenvalue weighted by atomic mass is 9.90. The van der Waals surface area contributed by atoms with E-state index in [-0.39, 0.29) is 0 Å². The Morgan fingerprint density at radius 2 is 0.964 bits per heavy atom. The zero-order valence-electron chi connectivity index (χ0n) is 18.0. The Morgan fingerprint density at radius 3 is 1.32 bits per heavy atom. The molecule has 0 nitrogen and oxygen atoms in total. The van der Waals surface area contributed by atoms with Crippen LogP contribution in [-0.2, 0) is 12.8 Å². The Kier molecular flexibility index (Phi) is 7.09. The number of aryl methyl sites for hydroxylation is 3. The summed E-state index contributed by atoms with van der Waals surface area (Å²) in [5.74, 6) is 0. The molecule has 0 heteroatoms. The summed E-state index contributed by atoms with van der Waals surface area (Å²) in [6.45, 7) is 8.97. The SMILES string of the molecule is CCCCc1ccc(-c2cc(C)cc(-c3ccc(CCCC)cc3)c2C)cc1. The Bertz CT molecular complexity index is 810. The molecule has 0 heterocycles. The fourth-order valence-electron chi connectivity index (χ4n) is 3.92. The van der Waals surface area contributed by atoms with Gasteiger partial charge in [-0.05, 0) is 84.0 Å². The molecular formula is C28H34. The smallest absolute Gasteiger partial charge is 0.0146 e. The van der Waals surface area contributed by atoms with E-state index >= 15 is 0 Å². The Balaban J connectivity index is 1.91. The predicted octanol–water partition coefficient (Wildman–Crippen LogP) is 8.32. The second-order valence-electron chi connectivity index (χ2n) is 8.09. The maximum atomic E-state index is 2.33. The van der Waals surface area contributed by atoms with Crippen molar-refractivity contribution in [1.29, 1.82) is 0 Å². The minimum Gasteiger partial charge on any atom is -0.0654 e. The lowest BCUT2D eigenvalue weighted by Gasteiger charge is -2.15. The molecule has 0 bridgehead atoms. The summed E-state index contributed by atoms with van der Waals surface area (Å²) < 4.78 is 0. The van der Waals surface area contributed by atoms with Gasteiger partial charge < -0.3 is 0 Å². The van der Waals surface area contributed by atoms with Gasteiger partial charge in [-0.15, -0.1) is 0 Å². The van der Waals surface area contributed by atoms with Crippen molar-refractivity contribution in [3.8, 4) is 22.3 Å². The first kappa shape index (κ1) is 20.4. The molecule has 0 aliphatic carbocycles. The van der Waals surface area contributed by atoms with Gasteiger partial charge in [-0.2, -0.15) is 0 Å². The molecule has 0 atom stereocenters. The third-order valence-electron chi connectivity index (χ3n) is 5.72. The molecule has 0 aromatic heterocycles. The van der Waals surface area contributed by atoms with Crippen molar-refractivity contribution < 1.29 is 0 Å². The van der Waals surface area contributed by atoms with Crippen LogP contribution in [0.25, 0.3) is 22.3 Å². The number of benzene rings is 3. The molecule has 0 aliphatic rings. The average molecular weight is 371 g/mol. The third kappa shape index (κ3) is 4.93. The van der Waals surface area contributed by atoms with Gasteiger partial charge in [0.2, 0.25) is 0 Å². The van der Waals surface area contributed by atoms with E-state index in [1.807, 2.05) is 0 Å². The number of hydrogen-bond acceptors (Lipinski definition) is 0. The van der Waals surface area contributed by atoms with Crippen LogP contribution in [0.5, 0.6) is 0 Å². The molecule has 0 N–H and O–H groups in total. The van der Waals surface area contributed by atoms with E-state index in [0.717, 1.165) is 0 Å². The number of unbranched alkanes of at least 4 members (excludes halogenated alkanes) is 2. The maximum absolute atomic E-state index is 2.33. The van der Waals surface area contributed by atoms with Gasteiger partial charge in [0.1, 0.15) is 0 Å². The van der Waals surface area contributed by atoms with Gasteiger partial charge >= 0.3 is 0 Å². The molecule has 0 aliphatic heterocycles. The Morgan fingerprint density at radius 1 is 0.571 bits per heavy atom. The number of hydrogen-bond donors (Lipinski definition) is 0. The standard InChI is InChI=1S/C28H34/c1-5-7-9-23-11-15-25(16-12-23)27-19-21(3)20-28(22(27)4)26-17-13-24(14-18-26)10-8-6-2/h11-20H,5-10H2,1-4H3. The fraction of sp³-hybridized carbons (Fsp3) is 0.357. The van der Waals surface area contributed by atoms with E-state index < -0.39 is 0 Å². The molecule has 0 saturated heterocycles. The van der Waals surface area contributed by atoms with E-state index in [4.69, 9.17) is 0 Å². The first-order chi connectivity index (χ1) is 13.6. The van der Waals surface area contributed by atoms with Crippen molar-refractivity contribution >= 4 is 0 Å². The van der Waals surface area contributed by atoms with Crippen LogP contribution < -0.4 is 0 Å². The monoisotopic (exact) mass is 370 g/mol. The lowest BCUT2D eigenvalue weighted by Crippen LogP contribution is -1.92. The van der Waals surface area contributed by atoms with Crippen LogP contribution in [-0.4, -0.2) is 0 Å². The molecule has 0 amide bonds. The fourth-order valence-corrected chi connectivity index (χ4v) is 3.92. The largest absolute Gasteiger partial charge is 0.0654 e. The van der Waals surface area contributed by atoms with E-state index in [1.54, 1.807) is 0 Å². The zero-order chi connectivity index (χ0) is 19.9. The normalized spacial score (nSPS) is 11.0. The summed E-state index contributed by atoms with van der Waals surface area (Å²) in [4.78, 5) is 0. The molecule has 0 unspecified atom stereocenters. The average Bonchev–Trinajstić information content (AvgIpc) is 2.73. The lowest BCUT2D eigenvalue weighted by molar-refractivity contribution is 0.795. The van der Waals surface area contributed by atoms with Crippen LogP contribution in [0.1, 0.15) is 61.8 Å². The highest BCUT2D eigenvalue weighted by Gasteiger charge is 2.10. The second-order valence-corrected chi connectivity index (χ2v) is 8.09. The Labute approximate surface area is 171 Å².